The molecule has 1 aromatic rings. The molecule has 0 saturated heterocycles. The second-order valence-corrected chi connectivity index (χ2v) is 3.13. The van der Waals surface area contributed by atoms with E-state index in [2.05, 4.69) is 11.9 Å². The summed E-state index contributed by atoms with van der Waals surface area (Å²) in [6.45, 7) is 4.20. The zero-order valence-electron chi connectivity index (χ0n) is 7.29. The fourth-order valence-corrected chi connectivity index (χ4v) is 1.68. The summed E-state index contributed by atoms with van der Waals surface area (Å²) >= 11 is 0. The fraction of sp³-hybridized carbons (Fsp3) is 0.182. The molecule has 1 aliphatic rings. The van der Waals surface area contributed by atoms with Crippen molar-refractivity contribution < 1.29 is 4.79 Å². The first-order valence-corrected chi connectivity index (χ1v) is 4.32. The predicted octanol–water partition coefficient (Wildman–Crippen LogP) is 1.95. The lowest BCUT2D eigenvalue weighted by Gasteiger charge is -2.04. The molecule has 1 heterocycles. The van der Waals surface area contributed by atoms with Gasteiger partial charge >= 0.3 is 0 Å². The molecule has 0 aromatic heterocycles. The van der Waals surface area contributed by atoms with Crippen LogP contribution in [0.2, 0.25) is 0 Å². The Bertz CT molecular complexity index is 357. The third kappa shape index (κ3) is 1.24. The Kier molecular flexibility index (Phi) is 1.89. The standard InChI is InChI=1S/C11H11NO/c1-2-11(13)9-7-12-10-6-4-3-5-8(9)10/h2-6,9,12H,1,7H2. The number of nitrogens with one attached hydrogen (secondary N) is 1. The first-order valence-electron chi connectivity index (χ1n) is 4.32. The van der Waals surface area contributed by atoms with Crippen LogP contribution in [0.1, 0.15) is 11.5 Å². The van der Waals surface area contributed by atoms with Crippen molar-refractivity contribution in [3.8, 4) is 0 Å². The summed E-state index contributed by atoms with van der Waals surface area (Å²) in [5, 5.41) is 3.20. The third-order valence-electron chi connectivity index (χ3n) is 2.38. The Morgan fingerprint density at radius 3 is 3.08 bits per heavy atom. The lowest BCUT2D eigenvalue weighted by molar-refractivity contribution is -0.115. The predicted molar refractivity (Wildman–Crippen MR) is 52.9 cm³/mol. The highest BCUT2D eigenvalue weighted by Gasteiger charge is 2.25. The van der Waals surface area contributed by atoms with Crippen LogP contribution >= 0.6 is 0 Å². The summed E-state index contributed by atoms with van der Waals surface area (Å²) in [7, 11) is 0. The molecule has 1 aromatic carbocycles. The normalized spacial score (nSPS) is 18.9. The molecule has 1 atom stereocenters. The molecule has 2 nitrogen and oxygen atoms in total. The number of hydrogen-bond acceptors (Lipinski definition) is 2. The summed E-state index contributed by atoms with van der Waals surface area (Å²) in [6.07, 6.45) is 1.40. The minimum atomic E-state index is -0.0336. The van der Waals surface area contributed by atoms with E-state index >= 15 is 0 Å². The number of carbonyl (C=O) groups excluding carboxylic acids is 1. The van der Waals surface area contributed by atoms with Crippen molar-refractivity contribution in [2.75, 3.05) is 11.9 Å². The minimum absolute atomic E-state index is 0.0336. The molecule has 0 amide bonds. The number of ketones is 1. The molecule has 13 heavy (non-hydrogen) atoms. The van der Waals surface area contributed by atoms with Crippen LogP contribution < -0.4 is 5.32 Å². The van der Waals surface area contributed by atoms with Crippen molar-refractivity contribution >= 4 is 11.5 Å². The van der Waals surface area contributed by atoms with Crippen LogP contribution in [0.15, 0.2) is 36.9 Å². The molecule has 2 rings (SSSR count). The minimum Gasteiger partial charge on any atom is -0.384 e. The van der Waals surface area contributed by atoms with Crippen LogP contribution in [0.25, 0.3) is 0 Å². The number of fused-ring (bicyclic) bond motifs is 1. The average Bonchev–Trinajstić information content (AvgIpc) is 2.60. The largest absolute Gasteiger partial charge is 0.384 e. The number of benzene rings is 1. The smallest absolute Gasteiger partial charge is 0.164 e. The van der Waals surface area contributed by atoms with Crippen molar-refractivity contribution in [3.05, 3.63) is 42.5 Å². The van der Waals surface area contributed by atoms with Crippen molar-refractivity contribution in [3.63, 3.8) is 0 Å². The molecular formula is C11H11NO. The molecule has 0 radical (unpaired) electrons. The summed E-state index contributed by atoms with van der Waals surface area (Å²) in [6, 6.07) is 7.90. The van der Waals surface area contributed by atoms with Gasteiger partial charge in [0, 0.05) is 12.2 Å². The SMILES string of the molecule is C=CC(=O)C1CNc2ccccc21. The second-order valence-electron chi connectivity index (χ2n) is 3.13. The zero-order chi connectivity index (χ0) is 9.26. The molecule has 1 N–H and O–H groups in total. The van der Waals surface area contributed by atoms with Gasteiger partial charge in [0.05, 0.1) is 5.92 Å². The molecule has 0 fully saturated rings. The van der Waals surface area contributed by atoms with Crippen molar-refractivity contribution in [2.45, 2.75) is 5.92 Å². The van der Waals surface area contributed by atoms with Crippen LogP contribution in [0, 0.1) is 0 Å². The summed E-state index contributed by atoms with van der Waals surface area (Å²) in [5.41, 5.74) is 2.16. The lowest BCUT2D eigenvalue weighted by atomic mass is 9.97. The van der Waals surface area contributed by atoms with Gasteiger partial charge in [-0.1, -0.05) is 24.8 Å². The quantitative estimate of drug-likeness (QED) is 0.692. The van der Waals surface area contributed by atoms with Gasteiger partial charge in [0.25, 0.3) is 0 Å². The van der Waals surface area contributed by atoms with Crippen LogP contribution in [0.3, 0.4) is 0 Å². The first-order chi connectivity index (χ1) is 6.33. The molecule has 0 saturated carbocycles. The zero-order valence-corrected chi connectivity index (χ0v) is 7.29. The van der Waals surface area contributed by atoms with Gasteiger partial charge in [0.15, 0.2) is 5.78 Å². The maximum Gasteiger partial charge on any atom is 0.164 e. The highest BCUT2D eigenvalue weighted by atomic mass is 16.1. The number of hydrogen-bond donors (Lipinski definition) is 1. The second kappa shape index (κ2) is 3.05. The van der Waals surface area contributed by atoms with E-state index in [0.29, 0.717) is 6.54 Å². The molecule has 2 heteroatoms. The number of para-hydroxylation sites is 1. The Balaban J connectivity index is 2.38. The molecule has 0 bridgehead atoms. The van der Waals surface area contributed by atoms with E-state index < -0.39 is 0 Å². The molecule has 0 spiro atoms. The van der Waals surface area contributed by atoms with Crippen molar-refractivity contribution in [1.82, 2.24) is 0 Å². The monoisotopic (exact) mass is 173 g/mol. The van der Waals surface area contributed by atoms with Crippen molar-refractivity contribution in [2.24, 2.45) is 0 Å². The van der Waals surface area contributed by atoms with Gasteiger partial charge in [-0.05, 0) is 17.7 Å². The van der Waals surface area contributed by atoms with E-state index in [1.807, 2.05) is 24.3 Å². The number of rotatable bonds is 2. The molecule has 1 aliphatic heterocycles. The van der Waals surface area contributed by atoms with Crippen LogP contribution in [-0.2, 0) is 4.79 Å². The van der Waals surface area contributed by atoms with Crippen LogP contribution in [-0.4, -0.2) is 12.3 Å². The highest BCUT2D eigenvalue weighted by molar-refractivity contribution is 5.97. The van der Waals surface area contributed by atoms with Crippen LogP contribution in [0.4, 0.5) is 5.69 Å². The van der Waals surface area contributed by atoms with Gasteiger partial charge in [-0.15, -0.1) is 0 Å². The van der Waals surface area contributed by atoms with Gasteiger partial charge < -0.3 is 5.32 Å². The van der Waals surface area contributed by atoms with E-state index in [4.69, 9.17) is 0 Å². The molecule has 0 aliphatic carbocycles. The number of carbonyl (C=O) groups is 1. The van der Waals surface area contributed by atoms with E-state index in [-0.39, 0.29) is 11.7 Å². The Morgan fingerprint density at radius 1 is 1.54 bits per heavy atom. The number of allylic oxidation sites excluding steroid dienone is 1. The Hall–Kier alpha value is -1.57. The summed E-state index contributed by atoms with van der Waals surface area (Å²) in [5.74, 6) is 0.0613. The third-order valence-corrected chi connectivity index (χ3v) is 2.38. The van der Waals surface area contributed by atoms with Crippen molar-refractivity contribution in [1.29, 1.82) is 0 Å². The summed E-state index contributed by atoms with van der Waals surface area (Å²) in [4.78, 5) is 11.4. The maximum absolute atomic E-state index is 11.4. The fourth-order valence-electron chi connectivity index (χ4n) is 1.68. The average molecular weight is 173 g/mol. The van der Waals surface area contributed by atoms with Gasteiger partial charge in [0.2, 0.25) is 0 Å². The van der Waals surface area contributed by atoms with Gasteiger partial charge in [-0.2, -0.15) is 0 Å². The molecule has 1 unspecified atom stereocenters. The van der Waals surface area contributed by atoms with Gasteiger partial charge in [-0.3, -0.25) is 4.79 Å². The lowest BCUT2D eigenvalue weighted by Crippen LogP contribution is -2.11. The van der Waals surface area contributed by atoms with Crippen LogP contribution in [0.5, 0.6) is 0 Å². The topological polar surface area (TPSA) is 29.1 Å². The first kappa shape index (κ1) is 8.05. The number of anilines is 1. The Labute approximate surface area is 77.3 Å². The maximum atomic E-state index is 11.4. The van der Waals surface area contributed by atoms with E-state index in [1.54, 1.807) is 0 Å². The highest BCUT2D eigenvalue weighted by Crippen LogP contribution is 2.31. The molecular weight excluding hydrogens is 162 g/mol. The van der Waals surface area contributed by atoms with Gasteiger partial charge in [0.1, 0.15) is 0 Å². The Morgan fingerprint density at radius 2 is 2.31 bits per heavy atom. The molecule has 66 valence electrons. The van der Waals surface area contributed by atoms with E-state index in [0.717, 1.165) is 11.3 Å². The summed E-state index contributed by atoms with van der Waals surface area (Å²) < 4.78 is 0. The van der Waals surface area contributed by atoms with E-state index in [1.165, 1.54) is 6.08 Å². The van der Waals surface area contributed by atoms with Gasteiger partial charge in [-0.25, -0.2) is 0 Å². The van der Waals surface area contributed by atoms with E-state index in [9.17, 15) is 4.79 Å².